The summed E-state index contributed by atoms with van der Waals surface area (Å²) in [5.74, 6) is 2.35. The fourth-order valence-electron chi connectivity index (χ4n) is 3.61. The molecule has 4 N–H and O–H groups in total. The summed E-state index contributed by atoms with van der Waals surface area (Å²) in [6.07, 6.45) is 15.5. The van der Waals surface area contributed by atoms with Crippen LogP contribution >= 0.6 is 0 Å². The predicted octanol–water partition coefficient (Wildman–Crippen LogP) is 6.27. The molecule has 0 aromatic carbocycles. The third-order valence-corrected chi connectivity index (χ3v) is 5.12. The molecule has 3 unspecified atom stereocenters. The highest BCUT2D eigenvalue weighted by Gasteiger charge is 2.10. The standard InChI is InChI=1S/C22H48N2/c1-18(2)14-15-20(5)17-22(24)13-11-9-7-6-8-10-12-21(23)16-19(3)4/h18-22H,6-17,23-24H2,1-5H3. The van der Waals surface area contributed by atoms with E-state index in [1.54, 1.807) is 0 Å². The number of hydrogen-bond donors (Lipinski definition) is 2. The number of unbranched alkanes of at least 4 members (excludes halogenated alkanes) is 5. The summed E-state index contributed by atoms with van der Waals surface area (Å²) in [5, 5.41) is 0. The van der Waals surface area contributed by atoms with Gasteiger partial charge in [0.15, 0.2) is 0 Å². The Morgan fingerprint density at radius 3 is 1.42 bits per heavy atom. The molecular formula is C22H48N2. The zero-order valence-corrected chi connectivity index (χ0v) is 17.5. The summed E-state index contributed by atoms with van der Waals surface area (Å²) in [6, 6.07) is 0.835. The molecule has 0 heterocycles. The predicted molar refractivity (Wildman–Crippen MR) is 110 cm³/mol. The Kier molecular flexibility index (Phi) is 15.1. The van der Waals surface area contributed by atoms with Gasteiger partial charge in [0.05, 0.1) is 0 Å². The van der Waals surface area contributed by atoms with Gasteiger partial charge in [0.25, 0.3) is 0 Å². The first-order valence-corrected chi connectivity index (χ1v) is 10.8. The molecule has 0 amide bonds. The summed E-state index contributed by atoms with van der Waals surface area (Å²) < 4.78 is 0. The van der Waals surface area contributed by atoms with E-state index in [1.165, 1.54) is 77.0 Å². The fourth-order valence-corrected chi connectivity index (χ4v) is 3.61. The van der Waals surface area contributed by atoms with Crippen molar-refractivity contribution >= 4 is 0 Å². The number of hydrogen-bond acceptors (Lipinski definition) is 2. The maximum atomic E-state index is 6.30. The van der Waals surface area contributed by atoms with Gasteiger partial charge in [-0.2, -0.15) is 0 Å². The van der Waals surface area contributed by atoms with E-state index >= 15 is 0 Å². The monoisotopic (exact) mass is 340 g/mol. The molecule has 0 saturated carbocycles. The Hall–Kier alpha value is -0.0800. The van der Waals surface area contributed by atoms with E-state index in [9.17, 15) is 0 Å². The molecule has 0 saturated heterocycles. The smallest absolute Gasteiger partial charge is 0.00413 e. The van der Waals surface area contributed by atoms with Gasteiger partial charge >= 0.3 is 0 Å². The van der Waals surface area contributed by atoms with Crippen LogP contribution in [0.2, 0.25) is 0 Å². The van der Waals surface area contributed by atoms with Crippen LogP contribution in [-0.2, 0) is 0 Å². The lowest BCUT2D eigenvalue weighted by Crippen LogP contribution is -2.22. The summed E-state index contributed by atoms with van der Waals surface area (Å²) in [4.78, 5) is 0. The molecule has 0 aromatic heterocycles. The molecule has 2 nitrogen and oxygen atoms in total. The average molecular weight is 341 g/mol. The SMILES string of the molecule is CC(C)CCC(C)CC(N)CCCCCCCCC(N)CC(C)C. The second kappa shape index (κ2) is 15.2. The molecule has 0 rings (SSSR count). The highest BCUT2D eigenvalue weighted by Crippen LogP contribution is 2.18. The zero-order chi connectivity index (χ0) is 18.4. The lowest BCUT2D eigenvalue weighted by molar-refractivity contribution is 0.381. The topological polar surface area (TPSA) is 52.0 Å². The fraction of sp³-hybridized carbons (Fsp3) is 1.00. The molecule has 0 aromatic rings. The van der Waals surface area contributed by atoms with E-state index in [1.807, 2.05) is 0 Å². The van der Waals surface area contributed by atoms with Crippen LogP contribution in [0.1, 0.15) is 112 Å². The van der Waals surface area contributed by atoms with E-state index in [0.717, 1.165) is 17.8 Å². The van der Waals surface area contributed by atoms with Gasteiger partial charge in [-0.15, -0.1) is 0 Å². The largest absolute Gasteiger partial charge is 0.328 e. The minimum Gasteiger partial charge on any atom is -0.328 e. The normalized spacial score (nSPS) is 15.9. The number of rotatable bonds is 16. The Bertz CT molecular complexity index is 263. The lowest BCUT2D eigenvalue weighted by atomic mass is 9.92. The summed E-state index contributed by atoms with van der Waals surface area (Å²) >= 11 is 0. The van der Waals surface area contributed by atoms with E-state index in [2.05, 4.69) is 34.6 Å². The third-order valence-electron chi connectivity index (χ3n) is 5.12. The summed E-state index contributed by atoms with van der Waals surface area (Å²) in [6.45, 7) is 11.5. The van der Waals surface area contributed by atoms with E-state index < -0.39 is 0 Å². The number of nitrogens with two attached hydrogens (primary N) is 2. The Labute approximate surface area is 153 Å². The lowest BCUT2D eigenvalue weighted by Gasteiger charge is -2.18. The molecule has 0 spiro atoms. The van der Waals surface area contributed by atoms with Crippen molar-refractivity contribution in [3.63, 3.8) is 0 Å². The molecular weight excluding hydrogens is 292 g/mol. The molecule has 0 bridgehead atoms. The first kappa shape index (κ1) is 23.9. The van der Waals surface area contributed by atoms with Crippen LogP contribution in [0.15, 0.2) is 0 Å². The van der Waals surface area contributed by atoms with Crippen molar-refractivity contribution in [2.45, 2.75) is 124 Å². The minimum atomic E-state index is 0.417. The van der Waals surface area contributed by atoms with E-state index in [0.29, 0.717) is 12.1 Å². The Balaban J connectivity index is 3.40. The molecule has 0 radical (unpaired) electrons. The van der Waals surface area contributed by atoms with Gasteiger partial charge in [0.1, 0.15) is 0 Å². The Morgan fingerprint density at radius 1 is 0.500 bits per heavy atom. The van der Waals surface area contributed by atoms with Gasteiger partial charge in [0, 0.05) is 12.1 Å². The van der Waals surface area contributed by atoms with Crippen molar-refractivity contribution in [2.24, 2.45) is 29.2 Å². The van der Waals surface area contributed by atoms with Gasteiger partial charge in [-0.1, -0.05) is 86.0 Å². The van der Waals surface area contributed by atoms with E-state index in [4.69, 9.17) is 11.5 Å². The molecule has 0 aliphatic heterocycles. The van der Waals surface area contributed by atoms with Crippen LogP contribution < -0.4 is 11.5 Å². The highest BCUT2D eigenvalue weighted by atomic mass is 14.6. The van der Waals surface area contributed by atoms with Crippen molar-refractivity contribution < 1.29 is 0 Å². The quantitative estimate of drug-likeness (QED) is 0.325. The molecule has 0 aliphatic carbocycles. The Morgan fingerprint density at radius 2 is 0.958 bits per heavy atom. The van der Waals surface area contributed by atoms with Gasteiger partial charge in [0.2, 0.25) is 0 Å². The summed E-state index contributed by atoms with van der Waals surface area (Å²) in [7, 11) is 0. The summed E-state index contributed by atoms with van der Waals surface area (Å²) in [5.41, 5.74) is 12.4. The molecule has 3 atom stereocenters. The van der Waals surface area contributed by atoms with Crippen LogP contribution in [0.3, 0.4) is 0 Å². The van der Waals surface area contributed by atoms with Crippen LogP contribution in [-0.4, -0.2) is 12.1 Å². The average Bonchev–Trinajstić information content (AvgIpc) is 2.47. The van der Waals surface area contributed by atoms with Crippen LogP contribution in [0.4, 0.5) is 0 Å². The molecule has 146 valence electrons. The first-order valence-electron chi connectivity index (χ1n) is 10.8. The van der Waals surface area contributed by atoms with Gasteiger partial charge in [-0.3, -0.25) is 0 Å². The molecule has 0 fully saturated rings. The van der Waals surface area contributed by atoms with Crippen molar-refractivity contribution in [3.05, 3.63) is 0 Å². The van der Waals surface area contributed by atoms with Crippen molar-refractivity contribution in [2.75, 3.05) is 0 Å². The van der Waals surface area contributed by atoms with E-state index in [-0.39, 0.29) is 0 Å². The van der Waals surface area contributed by atoms with Crippen molar-refractivity contribution in [3.8, 4) is 0 Å². The molecule has 2 heteroatoms. The molecule has 24 heavy (non-hydrogen) atoms. The van der Waals surface area contributed by atoms with Crippen LogP contribution in [0.25, 0.3) is 0 Å². The van der Waals surface area contributed by atoms with Crippen molar-refractivity contribution in [1.29, 1.82) is 0 Å². The van der Waals surface area contributed by atoms with Crippen molar-refractivity contribution in [1.82, 2.24) is 0 Å². The molecule has 0 aliphatic rings. The third kappa shape index (κ3) is 16.8. The maximum absolute atomic E-state index is 6.30. The van der Waals surface area contributed by atoms with Crippen LogP contribution in [0, 0.1) is 17.8 Å². The first-order chi connectivity index (χ1) is 11.3. The minimum absolute atomic E-state index is 0.417. The van der Waals surface area contributed by atoms with Gasteiger partial charge < -0.3 is 11.5 Å². The second-order valence-corrected chi connectivity index (χ2v) is 9.16. The maximum Gasteiger partial charge on any atom is 0.00413 e. The second-order valence-electron chi connectivity index (χ2n) is 9.16. The van der Waals surface area contributed by atoms with Gasteiger partial charge in [-0.05, 0) is 43.4 Å². The van der Waals surface area contributed by atoms with Crippen LogP contribution in [0.5, 0.6) is 0 Å². The zero-order valence-electron chi connectivity index (χ0n) is 17.5. The highest BCUT2D eigenvalue weighted by molar-refractivity contribution is 4.67. The van der Waals surface area contributed by atoms with Gasteiger partial charge in [-0.25, -0.2) is 0 Å².